The van der Waals surface area contributed by atoms with E-state index in [0.717, 1.165) is 25.7 Å². The van der Waals surface area contributed by atoms with Gasteiger partial charge in [-0.05, 0) is 26.7 Å². The van der Waals surface area contributed by atoms with Gasteiger partial charge in [-0.15, -0.1) is 0 Å². The first kappa shape index (κ1) is 15.5. The van der Waals surface area contributed by atoms with Gasteiger partial charge in [-0.2, -0.15) is 0 Å². The van der Waals surface area contributed by atoms with Gasteiger partial charge >= 0.3 is 5.97 Å². The summed E-state index contributed by atoms with van der Waals surface area (Å²) in [5.41, 5.74) is 0.595. The highest BCUT2D eigenvalue weighted by Gasteiger charge is 2.23. The van der Waals surface area contributed by atoms with Crippen molar-refractivity contribution >= 4 is 11.9 Å². The van der Waals surface area contributed by atoms with Crippen LogP contribution in [0.4, 0.5) is 0 Å². The SMILES string of the molecule is Cc1cc(C(=O)O[C@H](C)C(=O)NC2CCCCCC2)on1. The summed E-state index contributed by atoms with van der Waals surface area (Å²) in [6.07, 6.45) is 5.86. The smallest absolute Gasteiger partial charge is 0.377 e. The van der Waals surface area contributed by atoms with Crippen LogP contribution in [0.3, 0.4) is 0 Å². The predicted octanol–water partition coefficient (Wildman–Crippen LogP) is 2.37. The number of aryl methyl sites for hydroxylation is 1. The van der Waals surface area contributed by atoms with Crippen molar-refractivity contribution in [1.82, 2.24) is 10.5 Å². The van der Waals surface area contributed by atoms with Gasteiger partial charge < -0.3 is 14.6 Å². The summed E-state index contributed by atoms with van der Waals surface area (Å²) < 4.78 is 9.92. The van der Waals surface area contributed by atoms with Crippen molar-refractivity contribution in [1.29, 1.82) is 0 Å². The lowest BCUT2D eigenvalue weighted by Gasteiger charge is -2.19. The second kappa shape index (κ2) is 7.24. The Hall–Kier alpha value is -1.85. The van der Waals surface area contributed by atoms with E-state index >= 15 is 0 Å². The fourth-order valence-electron chi connectivity index (χ4n) is 2.47. The Morgan fingerprint density at radius 2 is 2.00 bits per heavy atom. The minimum Gasteiger partial charge on any atom is -0.447 e. The molecule has 1 aliphatic carbocycles. The van der Waals surface area contributed by atoms with Crippen molar-refractivity contribution in [3.63, 3.8) is 0 Å². The van der Waals surface area contributed by atoms with Crippen LogP contribution >= 0.6 is 0 Å². The summed E-state index contributed by atoms with van der Waals surface area (Å²) in [7, 11) is 0. The molecule has 1 heterocycles. The molecule has 1 saturated carbocycles. The molecule has 21 heavy (non-hydrogen) atoms. The van der Waals surface area contributed by atoms with Gasteiger partial charge in [0.15, 0.2) is 6.10 Å². The molecular weight excluding hydrogens is 272 g/mol. The average molecular weight is 294 g/mol. The van der Waals surface area contributed by atoms with Gasteiger partial charge in [0.25, 0.3) is 5.91 Å². The third kappa shape index (κ3) is 4.58. The standard InChI is InChI=1S/C15H22N2O4/c1-10-9-13(21-17-10)15(19)20-11(2)14(18)16-12-7-5-3-4-6-8-12/h9,11-12H,3-8H2,1-2H3,(H,16,18)/t11-/m1/s1. The molecule has 116 valence electrons. The summed E-state index contributed by atoms with van der Waals surface area (Å²) >= 11 is 0. The summed E-state index contributed by atoms with van der Waals surface area (Å²) in [5, 5.41) is 6.58. The second-order valence-electron chi connectivity index (χ2n) is 5.58. The highest BCUT2D eigenvalue weighted by Crippen LogP contribution is 2.17. The van der Waals surface area contributed by atoms with E-state index in [1.54, 1.807) is 13.8 Å². The van der Waals surface area contributed by atoms with E-state index in [9.17, 15) is 9.59 Å². The molecule has 0 spiro atoms. The number of ether oxygens (including phenoxy) is 1. The first-order chi connectivity index (χ1) is 10.1. The highest BCUT2D eigenvalue weighted by atomic mass is 16.6. The Morgan fingerprint density at radius 1 is 1.33 bits per heavy atom. The van der Waals surface area contributed by atoms with Gasteiger partial charge in [-0.3, -0.25) is 4.79 Å². The zero-order chi connectivity index (χ0) is 15.2. The second-order valence-corrected chi connectivity index (χ2v) is 5.58. The van der Waals surface area contributed by atoms with Gasteiger partial charge in [0.05, 0.1) is 5.69 Å². The van der Waals surface area contributed by atoms with Gasteiger partial charge in [-0.1, -0.05) is 30.8 Å². The Kier molecular flexibility index (Phi) is 5.36. The molecule has 1 aliphatic rings. The molecule has 1 fully saturated rings. The van der Waals surface area contributed by atoms with Gasteiger partial charge in [0, 0.05) is 12.1 Å². The van der Waals surface area contributed by atoms with Gasteiger partial charge in [0.2, 0.25) is 5.76 Å². The summed E-state index contributed by atoms with van der Waals surface area (Å²) in [5.74, 6) is -0.910. The Labute approximate surface area is 124 Å². The van der Waals surface area contributed by atoms with E-state index in [1.807, 2.05) is 0 Å². The number of amides is 1. The number of nitrogens with one attached hydrogen (secondary N) is 1. The van der Waals surface area contributed by atoms with Crippen LogP contribution in [0.25, 0.3) is 0 Å². The number of carbonyl (C=O) groups is 2. The van der Waals surface area contributed by atoms with E-state index in [0.29, 0.717) is 5.69 Å². The maximum Gasteiger partial charge on any atom is 0.377 e. The zero-order valence-electron chi connectivity index (χ0n) is 12.6. The van der Waals surface area contributed by atoms with Crippen LogP contribution in [-0.4, -0.2) is 29.2 Å². The van der Waals surface area contributed by atoms with Crippen molar-refractivity contribution in [2.24, 2.45) is 0 Å². The first-order valence-corrected chi connectivity index (χ1v) is 7.51. The fraction of sp³-hybridized carbons (Fsp3) is 0.667. The normalized spacial score (nSPS) is 17.8. The number of rotatable bonds is 4. The van der Waals surface area contributed by atoms with Crippen LogP contribution in [0, 0.1) is 6.92 Å². The van der Waals surface area contributed by atoms with E-state index in [-0.39, 0.29) is 17.7 Å². The number of nitrogens with zero attached hydrogens (tertiary/aromatic N) is 1. The van der Waals surface area contributed by atoms with E-state index in [2.05, 4.69) is 10.5 Å². The van der Waals surface area contributed by atoms with Crippen molar-refractivity contribution in [3.05, 3.63) is 17.5 Å². The molecule has 0 saturated heterocycles. The average Bonchev–Trinajstić information content (AvgIpc) is 2.72. The minimum atomic E-state index is -0.842. The Morgan fingerprint density at radius 3 is 2.57 bits per heavy atom. The predicted molar refractivity (Wildman–Crippen MR) is 75.8 cm³/mol. The fourth-order valence-corrected chi connectivity index (χ4v) is 2.47. The van der Waals surface area contributed by atoms with Crippen molar-refractivity contribution < 1.29 is 18.8 Å². The number of hydrogen-bond acceptors (Lipinski definition) is 5. The topological polar surface area (TPSA) is 81.4 Å². The molecule has 0 aromatic carbocycles. The molecule has 0 bridgehead atoms. The van der Waals surface area contributed by atoms with E-state index < -0.39 is 12.1 Å². The third-order valence-corrected chi connectivity index (χ3v) is 3.68. The van der Waals surface area contributed by atoms with Crippen molar-refractivity contribution in [2.75, 3.05) is 0 Å². The molecule has 0 aliphatic heterocycles. The largest absolute Gasteiger partial charge is 0.447 e. The molecule has 1 aromatic rings. The van der Waals surface area contributed by atoms with Crippen LogP contribution in [0.2, 0.25) is 0 Å². The number of esters is 1. The van der Waals surface area contributed by atoms with Crippen LogP contribution in [-0.2, 0) is 9.53 Å². The molecule has 6 nitrogen and oxygen atoms in total. The minimum absolute atomic E-state index is 0.0154. The molecule has 0 radical (unpaired) electrons. The van der Waals surface area contributed by atoms with Crippen LogP contribution in [0.15, 0.2) is 10.6 Å². The van der Waals surface area contributed by atoms with Crippen molar-refractivity contribution in [3.8, 4) is 0 Å². The van der Waals surface area contributed by atoms with Gasteiger partial charge in [0.1, 0.15) is 0 Å². The lowest BCUT2D eigenvalue weighted by molar-refractivity contribution is -0.130. The van der Waals surface area contributed by atoms with E-state index in [1.165, 1.54) is 18.9 Å². The molecule has 1 aromatic heterocycles. The van der Waals surface area contributed by atoms with Crippen LogP contribution in [0.1, 0.15) is 61.7 Å². The Balaban J connectivity index is 1.82. The number of carbonyl (C=O) groups excluding carboxylic acids is 2. The van der Waals surface area contributed by atoms with Gasteiger partial charge in [-0.25, -0.2) is 4.79 Å². The maximum absolute atomic E-state index is 12.1. The lowest BCUT2D eigenvalue weighted by atomic mass is 10.1. The molecule has 0 unspecified atom stereocenters. The molecule has 1 amide bonds. The maximum atomic E-state index is 12.1. The van der Waals surface area contributed by atoms with Crippen LogP contribution in [0.5, 0.6) is 0 Å². The Bertz CT molecular complexity index is 490. The molecular formula is C15H22N2O4. The van der Waals surface area contributed by atoms with Crippen molar-refractivity contribution in [2.45, 2.75) is 64.5 Å². The molecule has 2 rings (SSSR count). The highest BCUT2D eigenvalue weighted by molar-refractivity contribution is 5.90. The van der Waals surface area contributed by atoms with Crippen LogP contribution < -0.4 is 5.32 Å². The lowest BCUT2D eigenvalue weighted by Crippen LogP contribution is -2.41. The molecule has 1 atom stereocenters. The number of hydrogen-bond donors (Lipinski definition) is 1. The number of aromatic nitrogens is 1. The summed E-state index contributed by atoms with van der Waals surface area (Å²) in [4.78, 5) is 23.8. The summed E-state index contributed by atoms with van der Waals surface area (Å²) in [6.45, 7) is 3.27. The van der Waals surface area contributed by atoms with E-state index in [4.69, 9.17) is 9.26 Å². The third-order valence-electron chi connectivity index (χ3n) is 3.68. The zero-order valence-corrected chi connectivity index (χ0v) is 12.6. The molecule has 1 N–H and O–H groups in total. The summed E-state index contributed by atoms with van der Waals surface area (Å²) in [6, 6.07) is 1.67. The first-order valence-electron chi connectivity index (χ1n) is 7.51. The molecule has 6 heteroatoms. The monoisotopic (exact) mass is 294 g/mol. The quantitative estimate of drug-likeness (QED) is 0.681.